The number of hydrogen-bond donors (Lipinski definition) is 2. The molecule has 6 heteroatoms. The minimum atomic E-state index is 0.290. The predicted molar refractivity (Wildman–Crippen MR) is 82.3 cm³/mol. The van der Waals surface area contributed by atoms with Crippen LogP contribution in [0.15, 0.2) is 0 Å². The molecule has 21 heavy (non-hydrogen) atoms. The van der Waals surface area contributed by atoms with Gasteiger partial charge in [-0.3, -0.25) is 5.10 Å². The van der Waals surface area contributed by atoms with Crippen LogP contribution in [0.3, 0.4) is 0 Å². The first-order valence-electron chi connectivity index (χ1n) is 8.26. The number of H-pyrrole nitrogens is 1. The normalized spacial score (nSPS) is 26.0. The molecule has 3 N–H and O–H groups in total. The molecule has 3 heterocycles. The summed E-state index contributed by atoms with van der Waals surface area (Å²) in [4.78, 5) is 6.91. The highest BCUT2D eigenvalue weighted by Crippen LogP contribution is 2.23. The average molecular weight is 293 g/mol. The highest BCUT2D eigenvalue weighted by molar-refractivity contribution is 5.29. The molecule has 0 aromatic carbocycles. The molecule has 2 unspecified atom stereocenters. The van der Waals surface area contributed by atoms with Crippen LogP contribution in [0.2, 0.25) is 0 Å². The van der Waals surface area contributed by atoms with E-state index in [1.54, 1.807) is 0 Å². The molecule has 0 aliphatic carbocycles. The summed E-state index contributed by atoms with van der Waals surface area (Å²) in [5.74, 6) is 2.42. The van der Waals surface area contributed by atoms with E-state index in [4.69, 9.17) is 10.5 Å². The Labute approximate surface area is 126 Å². The van der Waals surface area contributed by atoms with Crippen LogP contribution in [-0.4, -0.2) is 47.0 Å². The number of ether oxygens (including phenoxy) is 1. The molecular weight excluding hydrogens is 266 g/mol. The first kappa shape index (κ1) is 14.8. The van der Waals surface area contributed by atoms with Crippen molar-refractivity contribution in [3.63, 3.8) is 0 Å². The predicted octanol–water partition coefficient (Wildman–Crippen LogP) is 1.48. The molecule has 2 aliphatic rings. The van der Waals surface area contributed by atoms with Crippen molar-refractivity contribution in [1.82, 2.24) is 15.2 Å². The molecule has 6 nitrogen and oxygen atoms in total. The standard InChI is InChI=1S/C15H27N5O/c1-11(16)12-5-7-20(8-6-12)15-17-14(18-19-15)10-13-4-2-3-9-21-13/h11-13H,2-10,16H2,1H3,(H,17,18,19). The molecule has 0 bridgehead atoms. The van der Waals surface area contributed by atoms with Crippen molar-refractivity contribution >= 4 is 5.95 Å². The molecule has 2 aliphatic heterocycles. The van der Waals surface area contributed by atoms with Crippen molar-refractivity contribution < 1.29 is 4.74 Å². The van der Waals surface area contributed by atoms with Gasteiger partial charge in [0.15, 0.2) is 0 Å². The van der Waals surface area contributed by atoms with Gasteiger partial charge in [0.25, 0.3) is 0 Å². The van der Waals surface area contributed by atoms with Crippen LogP contribution in [0, 0.1) is 5.92 Å². The molecule has 2 fully saturated rings. The van der Waals surface area contributed by atoms with Crippen molar-refractivity contribution in [1.29, 1.82) is 0 Å². The maximum atomic E-state index is 5.99. The molecule has 2 saturated heterocycles. The molecule has 1 aromatic heterocycles. The van der Waals surface area contributed by atoms with Crippen LogP contribution >= 0.6 is 0 Å². The Bertz CT molecular complexity index is 433. The van der Waals surface area contributed by atoms with Gasteiger partial charge in [-0.1, -0.05) is 0 Å². The topological polar surface area (TPSA) is 80.1 Å². The third kappa shape index (κ3) is 3.74. The van der Waals surface area contributed by atoms with Gasteiger partial charge in [0.05, 0.1) is 6.10 Å². The SMILES string of the molecule is CC(N)C1CCN(c2n[nH]c(CC3CCCCO3)n2)CC1. The van der Waals surface area contributed by atoms with Gasteiger partial charge in [-0.15, -0.1) is 5.10 Å². The molecule has 0 amide bonds. The zero-order chi connectivity index (χ0) is 14.7. The Morgan fingerprint density at radius 1 is 1.33 bits per heavy atom. The summed E-state index contributed by atoms with van der Waals surface area (Å²) in [5, 5.41) is 7.46. The monoisotopic (exact) mass is 293 g/mol. The minimum Gasteiger partial charge on any atom is -0.378 e. The fraction of sp³-hybridized carbons (Fsp3) is 0.867. The highest BCUT2D eigenvalue weighted by Gasteiger charge is 2.24. The molecule has 2 atom stereocenters. The Morgan fingerprint density at radius 3 is 2.81 bits per heavy atom. The van der Waals surface area contributed by atoms with Crippen molar-refractivity contribution in [3.8, 4) is 0 Å². The van der Waals surface area contributed by atoms with E-state index in [0.29, 0.717) is 18.1 Å². The van der Waals surface area contributed by atoms with Gasteiger partial charge in [0, 0.05) is 32.2 Å². The summed E-state index contributed by atoms with van der Waals surface area (Å²) in [6, 6.07) is 0.290. The third-order valence-corrected chi connectivity index (χ3v) is 4.78. The lowest BCUT2D eigenvalue weighted by atomic mass is 9.91. The van der Waals surface area contributed by atoms with Crippen molar-refractivity contribution in [2.45, 2.75) is 57.6 Å². The lowest BCUT2D eigenvalue weighted by Crippen LogP contribution is -2.40. The summed E-state index contributed by atoms with van der Waals surface area (Å²) in [6.45, 7) is 5.00. The molecule has 3 rings (SSSR count). The van der Waals surface area contributed by atoms with Crippen LogP contribution < -0.4 is 10.6 Å². The fourth-order valence-electron chi connectivity index (χ4n) is 3.33. The van der Waals surface area contributed by atoms with Gasteiger partial charge in [-0.25, -0.2) is 0 Å². The molecule has 118 valence electrons. The summed E-state index contributed by atoms with van der Waals surface area (Å²) in [6.07, 6.45) is 7.01. The van der Waals surface area contributed by atoms with Gasteiger partial charge < -0.3 is 15.4 Å². The summed E-state index contributed by atoms with van der Waals surface area (Å²) in [5.41, 5.74) is 5.99. The van der Waals surface area contributed by atoms with Gasteiger partial charge >= 0.3 is 0 Å². The maximum absolute atomic E-state index is 5.99. The number of nitrogens with one attached hydrogen (secondary N) is 1. The van der Waals surface area contributed by atoms with E-state index in [2.05, 4.69) is 27.0 Å². The second-order valence-electron chi connectivity index (χ2n) is 6.46. The van der Waals surface area contributed by atoms with Crippen LogP contribution in [-0.2, 0) is 11.2 Å². The first-order chi connectivity index (χ1) is 10.2. The third-order valence-electron chi connectivity index (χ3n) is 4.78. The van der Waals surface area contributed by atoms with Crippen LogP contribution in [0.5, 0.6) is 0 Å². The summed E-state index contributed by atoms with van der Waals surface area (Å²) < 4.78 is 5.76. The van der Waals surface area contributed by atoms with E-state index < -0.39 is 0 Å². The fourth-order valence-corrected chi connectivity index (χ4v) is 3.33. The van der Waals surface area contributed by atoms with Gasteiger partial charge in [0.1, 0.15) is 5.82 Å². The van der Waals surface area contributed by atoms with Crippen molar-refractivity contribution in [2.24, 2.45) is 11.7 Å². The molecule has 0 saturated carbocycles. The number of aromatic amines is 1. The van der Waals surface area contributed by atoms with E-state index in [1.807, 2.05) is 0 Å². The van der Waals surface area contributed by atoms with E-state index in [0.717, 1.165) is 57.2 Å². The van der Waals surface area contributed by atoms with Gasteiger partial charge in [-0.2, -0.15) is 4.98 Å². The van der Waals surface area contributed by atoms with Crippen LogP contribution in [0.1, 0.15) is 44.9 Å². The number of hydrogen-bond acceptors (Lipinski definition) is 5. The number of nitrogens with two attached hydrogens (primary N) is 1. The molecular formula is C15H27N5O. The van der Waals surface area contributed by atoms with E-state index in [9.17, 15) is 0 Å². The van der Waals surface area contributed by atoms with E-state index in [1.165, 1.54) is 12.8 Å². The van der Waals surface area contributed by atoms with Crippen molar-refractivity contribution in [2.75, 3.05) is 24.6 Å². The number of anilines is 1. The highest BCUT2D eigenvalue weighted by atomic mass is 16.5. The first-order valence-corrected chi connectivity index (χ1v) is 8.26. The zero-order valence-corrected chi connectivity index (χ0v) is 12.9. The Balaban J connectivity index is 1.53. The van der Waals surface area contributed by atoms with Crippen molar-refractivity contribution in [3.05, 3.63) is 5.82 Å². The van der Waals surface area contributed by atoms with E-state index in [-0.39, 0.29) is 0 Å². The number of piperidine rings is 1. The summed E-state index contributed by atoms with van der Waals surface area (Å²) >= 11 is 0. The smallest absolute Gasteiger partial charge is 0.244 e. The minimum absolute atomic E-state index is 0.290. The molecule has 0 radical (unpaired) electrons. The maximum Gasteiger partial charge on any atom is 0.244 e. The Hall–Kier alpha value is -1.14. The van der Waals surface area contributed by atoms with Crippen LogP contribution in [0.25, 0.3) is 0 Å². The lowest BCUT2D eigenvalue weighted by molar-refractivity contribution is 0.0157. The second-order valence-corrected chi connectivity index (χ2v) is 6.46. The quantitative estimate of drug-likeness (QED) is 0.879. The van der Waals surface area contributed by atoms with Crippen LogP contribution in [0.4, 0.5) is 5.95 Å². The largest absolute Gasteiger partial charge is 0.378 e. The number of rotatable bonds is 4. The number of nitrogens with zero attached hydrogens (tertiary/aromatic N) is 3. The average Bonchev–Trinajstić information content (AvgIpc) is 2.97. The zero-order valence-electron chi connectivity index (χ0n) is 12.9. The molecule has 1 aromatic rings. The number of aromatic nitrogens is 3. The lowest BCUT2D eigenvalue weighted by Gasteiger charge is -2.32. The second kappa shape index (κ2) is 6.75. The van der Waals surface area contributed by atoms with Gasteiger partial charge in [-0.05, 0) is 44.9 Å². The van der Waals surface area contributed by atoms with Gasteiger partial charge in [0.2, 0.25) is 5.95 Å². The Kier molecular flexibility index (Phi) is 4.75. The summed E-state index contributed by atoms with van der Waals surface area (Å²) in [7, 11) is 0. The Morgan fingerprint density at radius 2 is 2.14 bits per heavy atom. The molecule has 0 spiro atoms. The van der Waals surface area contributed by atoms with E-state index >= 15 is 0 Å².